The number of hydrogen-bond donors (Lipinski definition) is 1. The molecule has 0 spiro atoms. The third-order valence-electron chi connectivity index (χ3n) is 3.71. The molecule has 0 radical (unpaired) electrons. The molecule has 114 valence electrons. The van der Waals surface area contributed by atoms with Crippen LogP contribution >= 0.6 is 0 Å². The van der Waals surface area contributed by atoms with Crippen LogP contribution in [0.15, 0.2) is 18.5 Å². The lowest BCUT2D eigenvalue weighted by Crippen LogP contribution is -2.37. The van der Waals surface area contributed by atoms with Gasteiger partial charge in [-0.15, -0.1) is 0 Å². The van der Waals surface area contributed by atoms with E-state index in [2.05, 4.69) is 9.88 Å². The number of aromatic nitrogens is 1. The number of carbonyl (C=O) groups is 2. The summed E-state index contributed by atoms with van der Waals surface area (Å²) in [4.78, 5) is 31.6. The van der Waals surface area contributed by atoms with Gasteiger partial charge in [-0.05, 0) is 12.5 Å². The number of hydrogen-bond acceptors (Lipinski definition) is 4. The quantitative estimate of drug-likeness (QED) is 0.896. The van der Waals surface area contributed by atoms with Gasteiger partial charge in [-0.2, -0.15) is 0 Å². The minimum atomic E-state index is -0.475. The Balaban J connectivity index is 2.14. The van der Waals surface area contributed by atoms with Crippen LogP contribution in [-0.4, -0.2) is 47.9 Å². The van der Waals surface area contributed by atoms with Gasteiger partial charge in [0.05, 0.1) is 11.3 Å². The van der Waals surface area contributed by atoms with E-state index in [1.807, 2.05) is 18.7 Å². The predicted octanol–water partition coefficient (Wildman–Crippen LogP) is 0.875. The smallest absolute Gasteiger partial charge is 0.252 e. The maximum absolute atomic E-state index is 12.1. The Morgan fingerprint density at radius 3 is 2.67 bits per heavy atom. The molecule has 2 amide bonds. The third kappa shape index (κ3) is 3.51. The van der Waals surface area contributed by atoms with Crippen molar-refractivity contribution in [2.75, 3.05) is 31.1 Å². The van der Waals surface area contributed by atoms with E-state index >= 15 is 0 Å². The summed E-state index contributed by atoms with van der Waals surface area (Å²) in [6.07, 6.45) is 4.03. The van der Waals surface area contributed by atoms with Gasteiger partial charge in [0.2, 0.25) is 5.91 Å². The summed E-state index contributed by atoms with van der Waals surface area (Å²) >= 11 is 0. The molecule has 1 aromatic heterocycles. The van der Waals surface area contributed by atoms with Gasteiger partial charge in [-0.25, -0.2) is 0 Å². The average molecular weight is 290 g/mol. The highest BCUT2D eigenvalue weighted by Crippen LogP contribution is 2.21. The van der Waals surface area contributed by atoms with E-state index in [0.29, 0.717) is 18.7 Å². The first-order chi connectivity index (χ1) is 10.0. The molecule has 1 aromatic rings. The van der Waals surface area contributed by atoms with Gasteiger partial charge < -0.3 is 15.5 Å². The van der Waals surface area contributed by atoms with Crippen molar-refractivity contribution in [3.05, 3.63) is 24.0 Å². The molecule has 2 heterocycles. The molecule has 2 N–H and O–H groups in total. The topological polar surface area (TPSA) is 79.5 Å². The minimum absolute atomic E-state index is 0.0126. The van der Waals surface area contributed by atoms with Gasteiger partial charge in [0.15, 0.2) is 0 Å². The van der Waals surface area contributed by atoms with Gasteiger partial charge in [0.25, 0.3) is 5.91 Å². The molecule has 1 aliphatic rings. The largest absolute Gasteiger partial charge is 0.369 e. The number of nitrogens with zero attached hydrogens (tertiary/aromatic N) is 3. The normalized spacial score (nSPS) is 16.0. The van der Waals surface area contributed by atoms with Gasteiger partial charge in [0, 0.05) is 44.5 Å². The summed E-state index contributed by atoms with van der Waals surface area (Å²) in [5.74, 6) is -0.280. The fraction of sp³-hybridized carbons (Fsp3) is 0.533. The zero-order valence-electron chi connectivity index (χ0n) is 12.6. The number of carbonyl (C=O) groups excluding carboxylic acids is 2. The first-order valence-electron chi connectivity index (χ1n) is 7.28. The fourth-order valence-corrected chi connectivity index (χ4v) is 2.60. The molecular weight excluding hydrogens is 268 g/mol. The first-order valence-corrected chi connectivity index (χ1v) is 7.28. The van der Waals surface area contributed by atoms with Crippen LogP contribution in [0.2, 0.25) is 0 Å². The second kappa shape index (κ2) is 6.56. The summed E-state index contributed by atoms with van der Waals surface area (Å²) < 4.78 is 0. The third-order valence-corrected chi connectivity index (χ3v) is 3.71. The minimum Gasteiger partial charge on any atom is -0.369 e. The molecule has 0 unspecified atom stereocenters. The van der Waals surface area contributed by atoms with Gasteiger partial charge in [0.1, 0.15) is 0 Å². The summed E-state index contributed by atoms with van der Waals surface area (Å²) in [5.41, 5.74) is 6.64. The summed E-state index contributed by atoms with van der Waals surface area (Å²) in [6.45, 7) is 6.75. The molecule has 0 saturated carbocycles. The number of rotatable bonds is 3. The highest BCUT2D eigenvalue weighted by atomic mass is 16.2. The van der Waals surface area contributed by atoms with Gasteiger partial charge in [-0.1, -0.05) is 13.8 Å². The maximum atomic E-state index is 12.1. The number of anilines is 1. The van der Waals surface area contributed by atoms with Crippen molar-refractivity contribution in [3.8, 4) is 0 Å². The monoisotopic (exact) mass is 290 g/mol. The molecule has 0 atom stereocenters. The summed E-state index contributed by atoms with van der Waals surface area (Å²) in [7, 11) is 0. The van der Waals surface area contributed by atoms with E-state index in [9.17, 15) is 9.59 Å². The molecule has 1 aliphatic heterocycles. The van der Waals surface area contributed by atoms with E-state index < -0.39 is 5.91 Å². The molecule has 6 nitrogen and oxygen atoms in total. The van der Waals surface area contributed by atoms with Crippen LogP contribution < -0.4 is 10.6 Å². The highest BCUT2D eigenvalue weighted by Gasteiger charge is 2.22. The van der Waals surface area contributed by atoms with E-state index in [-0.39, 0.29) is 11.8 Å². The Kier molecular flexibility index (Phi) is 4.77. The molecule has 0 bridgehead atoms. The van der Waals surface area contributed by atoms with Crippen LogP contribution in [0.1, 0.15) is 30.6 Å². The molecule has 2 rings (SSSR count). The van der Waals surface area contributed by atoms with Crippen molar-refractivity contribution in [1.82, 2.24) is 9.88 Å². The van der Waals surface area contributed by atoms with Crippen molar-refractivity contribution in [2.45, 2.75) is 20.3 Å². The van der Waals surface area contributed by atoms with Crippen molar-refractivity contribution in [1.29, 1.82) is 0 Å². The molecule has 1 fully saturated rings. The van der Waals surface area contributed by atoms with E-state index in [4.69, 9.17) is 5.73 Å². The Morgan fingerprint density at radius 1 is 1.24 bits per heavy atom. The van der Waals surface area contributed by atoms with Crippen LogP contribution in [0.3, 0.4) is 0 Å². The lowest BCUT2D eigenvalue weighted by Gasteiger charge is -2.25. The Bertz CT molecular complexity index is 530. The average Bonchev–Trinajstić information content (AvgIpc) is 2.72. The number of nitrogens with two attached hydrogens (primary N) is 1. The number of pyridine rings is 1. The maximum Gasteiger partial charge on any atom is 0.252 e. The van der Waals surface area contributed by atoms with Crippen molar-refractivity contribution in [2.24, 2.45) is 11.7 Å². The van der Waals surface area contributed by atoms with Crippen LogP contribution in [-0.2, 0) is 4.79 Å². The van der Waals surface area contributed by atoms with Crippen molar-refractivity contribution >= 4 is 17.5 Å². The molecule has 21 heavy (non-hydrogen) atoms. The van der Waals surface area contributed by atoms with Crippen molar-refractivity contribution < 1.29 is 9.59 Å². The van der Waals surface area contributed by atoms with Crippen LogP contribution in [0.4, 0.5) is 5.69 Å². The van der Waals surface area contributed by atoms with E-state index in [1.165, 1.54) is 6.20 Å². The number of primary amides is 1. The van der Waals surface area contributed by atoms with Crippen LogP contribution in [0.25, 0.3) is 0 Å². The van der Waals surface area contributed by atoms with Gasteiger partial charge in [-0.3, -0.25) is 14.6 Å². The first kappa shape index (κ1) is 15.3. The number of amides is 2. The molecular formula is C15H22N4O2. The lowest BCUT2D eigenvalue weighted by molar-refractivity contribution is -0.134. The SMILES string of the molecule is CC(C)C(=O)N1CCCN(c2ccncc2C(N)=O)CC1. The molecule has 6 heteroatoms. The molecule has 0 aliphatic carbocycles. The van der Waals surface area contributed by atoms with Crippen molar-refractivity contribution in [3.63, 3.8) is 0 Å². The second-order valence-corrected chi connectivity index (χ2v) is 5.58. The Hall–Kier alpha value is -2.11. The summed E-state index contributed by atoms with van der Waals surface area (Å²) in [6, 6.07) is 1.81. The summed E-state index contributed by atoms with van der Waals surface area (Å²) in [5, 5.41) is 0. The highest BCUT2D eigenvalue weighted by molar-refractivity contribution is 5.98. The second-order valence-electron chi connectivity index (χ2n) is 5.58. The molecule has 1 saturated heterocycles. The van der Waals surface area contributed by atoms with Crippen LogP contribution in [0, 0.1) is 5.92 Å². The zero-order valence-corrected chi connectivity index (χ0v) is 12.6. The van der Waals surface area contributed by atoms with Crippen LogP contribution in [0.5, 0.6) is 0 Å². The Labute approximate surface area is 124 Å². The fourth-order valence-electron chi connectivity index (χ4n) is 2.60. The predicted molar refractivity (Wildman–Crippen MR) is 81.0 cm³/mol. The van der Waals surface area contributed by atoms with E-state index in [0.717, 1.165) is 25.2 Å². The standard InChI is InChI=1S/C15H22N4O2/c1-11(2)15(21)19-7-3-6-18(8-9-19)13-4-5-17-10-12(13)14(16)20/h4-5,10-11H,3,6-9H2,1-2H3,(H2,16,20). The lowest BCUT2D eigenvalue weighted by atomic mass is 10.2. The zero-order chi connectivity index (χ0) is 15.4. The molecule has 0 aromatic carbocycles. The van der Waals surface area contributed by atoms with E-state index in [1.54, 1.807) is 12.3 Å². The Morgan fingerprint density at radius 2 is 2.00 bits per heavy atom. The van der Waals surface area contributed by atoms with Gasteiger partial charge >= 0.3 is 0 Å².